The van der Waals surface area contributed by atoms with Crippen molar-refractivity contribution >= 4 is 35.6 Å². The Kier molecular flexibility index (Phi) is 9.08. The Labute approximate surface area is 180 Å². The summed E-state index contributed by atoms with van der Waals surface area (Å²) in [7, 11) is 2.20. The number of likely N-dealkylation sites (tertiary alicyclic amines) is 1. The maximum Gasteiger partial charge on any atom is 0.194 e. The Balaban J connectivity index is 0.00000261. The predicted octanol–water partition coefficient (Wildman–Crippen LogP) is 2.87. The minimum atomic E-state index is -0.178. The van der Waals surface area contributed by atoms with Gasteiger partial charge in [0.2, 0.25) is 0 Å². The summed E-state index contributed by atoms with van der Waals surface area (Å²) >= 11 is 0. The summed E-state index contributed by atoms with van der Waals surface area (Å²) in [6.45, 7) is 10.0. The van der Waals surface area contributed by atoms with Gasteiger partial charge in [0.05, 0.1) is 0 Å². The number of halogens is 2. The van der Waals surface area contributed by atoms with Crippen molar-refractivity contribution in [3.63, 3.8) is 0 Å². The molecule has 152 valence electrons. The van der Waals surface area contributed by atoms with Gasteiger partial charge in [-0.3, -0.25) is 4.99 Å². The molecule has 2 aliphatic heterocycles. The molecule has 1 aromatic rings. The molecule has 5 nitrogen and oxygen atoms in total. The molecular formula is C20H33FIN5. The molecule has 0 radical (unpaired) electrons. The van der Waals surface area contributed by atoms with Crippen molar-refractivity contribution in [3.8, 4) is 0 Å². The van der Waals surface area contributed by atoms with Gasteiger partial charge in [0.15, 0.2) is 5.96 Å². The van der Waals surface area contributed by atoms with Gasteiger partial charge in [-0.2, -0.15) is 0 Å². The highest BCUT2D eigenvalue weighted by atomic mass is 127. The van der Waals surface area contributed by atoms with Crippen LogP contribution in [0.1, 0.15) is 19.8 Å². The van der Waals surface area contributed by atoms with Gasteiger partial charge in [-0.1, -0.05) is 0 Å². The van der Waals surface area contributed by atoms with Crippen LogP contribution in [-0.2, 0) is 0 Å². The van der Waals surface area contributed by atoms with E-state index in [2.05, 4.69) is 34.0 Å². The number of piperazine rings is 1. The maximum absolute atomic E-state index is 13.1. The number of anilines is 1. The average molecular weight is 489 g/mol. The first-order valence-electron chi connectivity index (χ1n) is 9.88. The molecular weight excluding hydrogens is 456 g/mol. The number of rotatable bonds is 4. The van der Waals surface area contributed by atoms with Crippen molar-refractivity contribution in [3.05, 3.63) is 30.1 Å². The lowest BCUT2D eigenvalue weighted by Gasteiger charge is -2.38. The van der Waals surface area contributed by atoms with Crippen LogP contribution in [0.2, 0.25) is 0 Å². The summed E-state index contributed by atoms with van der Waals surface area (Å²) in [5.41, 5.74) is 1.10. The molecule has 1 N–H and O–H groups in total. The van der Waals surface area contributed by atoms with Crippen LogP contribution in [0, 0.1) is 11.7 Å². The van der Waals surface area contributed by atoms with E-state index in [1.807, 2.05) is 12.1 Å². The molecule has 1 unspecified atom stereocenters. The number of hydrogen-bond acceptors (Lipinski definition) is 3. The lowest BCUT2D eigenvalue weighted by atomic mass is 9.99. The molecule has 2 heterocycles. The fourth-order valence-corrected chi connectivity index (χ4v) is 3.89. The Morgan fingerprint density at radius 3 is 2.48 bits per heavy atom. The number of nitrogens with one attached hydrogen (secondary N) is 1. The zero-order chi connectivity index (χ0) is 18.4. The van der Waals surface area contributed by atoms with Gasteiger partial charge in [0.1, 0.15) is 5.82 Å². The third-order valence-corrected chi connectivity index (χ3v) is 5.33. The van der Waals surface area contributed by atoms with Crippen LogP contribution in [-0.4, -0.2) is 75.2 Å². The molecule has 7 heteroatoms. The highest BCUT2D eigenvalue weighted by Gasteiger charge is 2.21. The molecule has 1 aromatic carbocycles. The molecule has 0 aliphatic carbocycles. The van der Waals surface area contributed by atoms with E-state index >= 15 is 0 Å². The number of guanidine groups is 1. The minimum absolute atomic E-state index is 0. The lowest BCUT2D eigenvalue weighted by molar-refractivity contribution is 0.214. The first-order valence-corrected chi connectivity index (χ1v) is 9.88. The molecule has 2 fully saturated rings. The number of hydrogen-bond donors (Lipinski definition) is 1. The third kappa shape index (κ3) is 6.48. The van der Waals surface area contributed by atoms with E-state index in [1.54, 1.807) is 0 Å². The van der Waals surface area contributed by atoms with E-state index in [-0.39, 0.29) is 29.8 Å². The van der Waals surface area contributed by atoms with E-state index in [0.29, 0.717) is 5.92 Å². The van der Waals surface area contributed by atoms with Crippen LogP contribution >= 0.6 is 24.0 Å². The largest absolute Gasteiger partial charge is 0.368 e. The lowest BCUT2D eigenvalue weighted by Crippen LogP contribution is -2.52. The summed E-state index contributed by atoms with van der Waals surface area (Å²) < 4.78 is 13.1. The zero-order valence-electron chi connectivity index (χ0n) is 16.5. The summed E-state index contributed by atoms with van der Waals surface area (Å²) in [5.74, 6) is 1.53. The standard InChI is InChI=1S/C20H32FN5.HI/c1-3-22-20(23-15-17-5-4-10-24(2)16-17)26-13-11-25(12-14-26)19-8-6-18(21)7-9-19;/h6-9,17H,3-5,10-16H2,1-2H3,(H,22,23);1H. The fraction of sp³-hybridized carbons (Fsp3) is 0.650. The van der Waals surface area contributed by atoms with Crippen molar-refractivity contribution in [2.45, 2.75) is 19.8 Å². The summed E-state index contributed by atoms with van der Waals surface area (Å²) in [6, 6.07) is 6.80. The topological polar surface area (TPSA) is 34.1 Å². The molecule has 0 aromatic heterocycles. The molecule has 0 saturated carbocycles. The van der Waals surface area contributed by atoms with E-state index in [1.165, 1.54) is 31.5 Å². The second-order valence-electron chi connectivity index (χ2n) is 7.42. The summed E-state index contributed by atoms with van der Waals surface area (Å²) in [5, 5.41) is 3.46. The van der Waals surface area contributed by atoms with Crippen molar-refractivity contribution < 1.29 is 4.39 Å². The summed E-state index contributed by atoms with van der Waals surface area (Å²) in [4.78, 5) is 12.0. The quantitative estimate of drug-likeness (QED) is 0.401. The second-order valence-corrected chi connectivity index (χ2v) is 7.42. The Morgan fingerprint density at radius 2 is 1.85 bits per heavy atom. The molecule has 0 spiro atoms. The van der Waals surface area contributed by atoms with Gasteiger partial charge in [-0.15, -0.1) is 24.0 Å². The number of aliphatic imine (C=N–C) groups is 1. The van der Waals surface area contributed by atoms with Gasteiger partial charge >= 0.3 is 0 Å². The Morgan fingerprint density at radius 1 is 1.15 bits per heavy atom. The van der Waals surface area contributed by atoms with Gasteiger partial charge < -0.3 is 20.0 Å². The molecule has 2 aliphatic rings. The van der Waals surface area contributed by atoms with Gasteiger partial charge in [0.25, 0.3) is 0 Å². The molecule has 27 heavy (non-hydrogen) atoms. The van der Waals surface area contributed by atoms with Crippen LogP contribution in [0.15, 0.2) is 29.3 Å². The van der Waals surface area contributed by atoms with Crippen molar-refractivity contribution in [2.24, 2.45) is 10.9 Å². The van der Waals surface area contributed by atoms with Crippen LogP contribution < -0.4 is 10.2 Å². The molecule has 2 saturated heterocycles. The number of piperidine rings is 1. The first kappa shape index (κ1) is 22.2. The van der Waals surface area contributed by atoms with Crippen LogP contribution in [0.4, 0.5) is 10.1 Å². The molecule has 0 amide bonds. The third-order valence-electron chi connectivity index (χ3n) is 5.33. The van der Waals surface area contributed by atoms with Gasteiger partial charge in [0, 0.05) is 51.5 Å². The summed E-state index contributed by atoms with van der Waals surface area (Å²) in [6.07, 6.45) is 2.56. The maximum atomic E-state index is 13.1. The molecule has 0 bridgehead atoms. The molecule has 1 atom stereocenters. The predicted molar refractivity (Wildman–Crippen MR) is 122 cm³/mol. The van der Waals surface area contributed by atoms with Crippen molar-refractivity contribution in [1.29, 1.82) is 0 Å². The highest BCUT2D eigenvalue weighted by molar-refractivity contribution is 14.0. The minimum Gasteiger partial charge on any atom is -0.368 e. The van der Waals surface area contributed by atoms with Crippen molar-refractivity contribution in [2.75, 3.05) is 64.3 Å². The highest BCUT2D eigenvalue weighted by Crippen LogP contribution is 2.18. The van der Waals surface area contributed by atoms with E-state index in [4.69, 9.17) is 4.99 Å². The van der Waals surface area contributed by atoms with Crippen LogP contribution in [0.3, 0.4) is 0 Å². The monoisotopic (exact) mass is 489 g/mol. The van der Waals surface area contributed by atoms with E-state index < -0.39 is 0 Å². The van der Waals surface area contributed by atoms with Crippen molar-refractivity contribution in [1.82, 2.24) is 15.1 Å². The van der Waals surface area contributed by atoms with Crippen LogP contribution in [0.25, 0.3) is 0 Å². The average Bonchev–Trinajstić information content (AvgIpc) is 2.66. The fourth-order valence-electron chi connectivity index (χ4n) is 3.89. The SMILES string of the molecule is CCNC(=NCC1CCCN(C)C1)N1CCN(c2ccc(F)cc2)CC1.I. The number of benzene rings is 1. The Hall–Kier alpha value is -1.09. The molecule has 3 rings (SSSR count). The van der Waals surface area contributed by atoms with E-state index in [9.17, 15) is 4.39 Å². The smallest absolute Gasteiger partial charge is 0.194 e. The van der Waals surface area contributed by atoms with Crippen LogP contribution in [0.5, 0.6) is 0 Å². The van der Waals surface area contributed by atoms with E-state index in [0.717, 1.165) is 57.5 Å². The van der Waals surface area contributed by atoms with Gasteiger partial charge in [-0.05, 0) is 63.5 Å². The normalized spacial score (nSPS) is 21.7. The second kappa shape index (κ2) is 11.0. The van der Waals surface area contributed by atoms with Gasteiger partial charge in [-0.25, -0.2) is 4.39 Å². The first-order chi connectivity index (χ1) is 12.7. The Bertz CT molecular complexity index is 587. The number of nitrogens with zero attached hydrogens (tertiary/aromatic N) is 4. The zero-order valence-corrected chi connectivity index (χ0v) is 18.9.